The van der Waals surface area contributed by atoms with Gasteiger partial charge in [0.1, 0.15) is 5.52 Å². The number of nitrogens with zero attached hydrogens (tertiary/aromatic N) is 1. The SMILES string of the molecule is CC(C)(Cc1ccc2oc(-c3ccc(Cl)cc3)nc2c1)C(N)=O. The van der Waals surface area contributed by atoms with Gasteiger partial charge in [-0.15, -0.1) is 0 Å². The Bertz CT molecular complexity index is 866. The smallest absolute Gasteiger partial charge is 0.227 e. The lowest BCUT2D eigenvalue weighted by Gasteiger charge is -2.20. The number of amides is 1. The summed E-state index contributed by atoms with van der Waals surface area (Å²) in [5.74, 6) is 0.225. The monoisotopic (exact) mass is 328 g/mol. The van der Waals surface area contributed by atoms with Crippen molar-refractivity contribution in [3.63, 3.8) is 0 Å². The van der Waals surface area contributed by atoms with E-state index in [0.717, 1.165) is 16.6 Å². The van der Waals surface area contributed by atoms with E-state index < -0.39 is 5.41 Å². The summed E-state index contributed by atoms with van der Waals surface area (Å²) in [5.41, 5.74) is 8.16. The van der Waals surface area contributed by atoms with Crippen LogP contribution in [-0.2, 0) is 11.2 Å². The second-order valence-corrected chi connectivity index (χ2v) is 6.69. The first-order valence-corrected chi connectivity index (χ1v) is 7.68. The summed E-state index contributed by atoms with van der Waals surface area (Å²) in [6, 6.07) is 13.1. The molecule has 2 aromatic carbocycles. The molecule has 1 heterocycles. The van der Waals surface area contributed by atoms with Crippen molar-refractivity contribution in [2.45, 2.75) is 20.3 Å². The van der Waals surface area contributed by atoms with Gasteiger partial charge in [-0.3, -0.25) is 4.79 Å². The second-order valence-electron chi connectivity index (χ2n) is 6.25. The summed E-state index contributed by atoms with van der Waals surface area (Å²) in [6.07, 6.45) is 0.557. The van der Waals surface area contributed by atoms with Crippen molar-refractivity contribution in [3.05, 3.63) is 53.1 Å². The highest BCUT2D eigenvalue weighted by Gasteiger charge is 2.25. The number of carbonyl (C=O) groups excluding carboxylic acids is 1. The minimum absolute atomic E-state index is 0.320. The topological polar surface area (TPSA) is 69.1 Å². The van der Waals surface area contributed by atoms with Gasteiger partial charge < -0.3 is 10.2 Å². The Hall–Kier alpha value is -2.33. The van der Waals surface area contributed by atoms with Crippen molar-refractivity contribution >= 4 is 28.6 Å². The molecule has 0 radical (unpaired) electrons. The molecule has 0 fully saturated rings. The molecule has 0 spiro atoms. The fourth-order valence-electron chi connectivity index (χ4n) is 2.40. The van der Waals surface area contributed by atoms with Gasteiger partial charge in [-0.05, 0) is 48.4 Å². The first-order chi connectivity index (χ1) is 10.8. The summed E-state index contributed by atoms with van der Waals surface area (Å²) in [4.78, 5) is 16.0. The van der Waals surface area contributed by atoms with Crippen LogP contribution >= 0.6 is 11.6 Å². The third kappa shape index (κ3) is 3.22. The van der Waals surface area contributed by atoms with E-state index in [1.165, 1.54) is 0 Å². The molecule has 0 saturated carbocycles. The van der Waals surface area contributed by atoms with Gasteiger partial charge in [-0.1, -0.05) is 31.5 Å². The van der Waals surface area contributed by atoms with Gasteiger partial charge in [0.2, 0.25) is 11.8 Å². The summed E-state index contributed by atoms with van der Waals surface area (Å²) < 4.78 is 5.78. The lowest BCUT2D eigenvalue weighted by Crippen LogP contribution is -2.33. The van der Waals surface area contributed by atoms with E-state index >= 15 is 0 Å². The third-order valence-corrected chi connectivity index (χ3v) is 4.11. The fourth-order valence-corrected chi connectivity index (χ4v) is 2.52. The van der Waals surface area contributed by atoms with Crippen LogP contribution in [0.25, 0.3) is 22.6 Å². The molecule has 3 aromatic rings. The highest BCUT2D eigenvalue weighted by molar-refractivity contribution is 6.30. The predicted octanol–water partition coefficient (Wildman–Crippen LogP) is 4.20. The van der Waals surface area contributed by atoms with E-state index in [9.17, 15) is 4.79 Å². The summed E-state index contributed by atoms with van der Waals surface area (Å²) in [5, 5.41) is 0.667. The first-order valence-electron chi connectivity index (χ1n) is 7.30. The molecule has 0 saturated heterocycles. The zero-order chi connectivity index (χ0) is 16.6. The molecule has 5 heteroatoms. The Morgan fingerprint density at radius 3 is 2.57 bits per heavy atom. The van der Waals surface area contributed by atoms with Crippen LogP contribution in [0, 0.1) is 5.41 Å². The molecule has 1 aromatic heterocycles. The first kappa shape index (κ1) is 15.6. The number of oxazole rings is 1. The van der Waals surface area contributed by atoms with Gasteiger partial charge in [-0.2, -0.15) is 0 Å². The number of primary amides is 1. The Balaban J connectivity index is 1.95. The number of nitrogens with two attached hydrogens (primary N) is 1. The number of aromatic nitrogens is 1. The molecule has 4 nitrogen and oxygen atoms in total. The normalized spacial score (nSPS) is 11.8. The molecule has 2 N–H and O–H groups in total. The number of halogens is 1. The molecule has 118 valence electrons. The fraction of sp³-hybridized carbons (Fsp3) is 0.222. The molecule has 3 rings (SSSR count). The molecular weight excluding hydrogens is 312 g/mol. The van der Waals surface area contributed by atoms with Crippen LogP contribution in [0.5, 0.6) is 0 Å². The van der Waals surface area contributed by atoms with Gasteiger partial charge in [0.15, 0.2) is 5.58 Å². The van der Waals surface area contributed by atoms with Crippen LogP contribution < -0.4 is 5.73 Å². The van der Waals surface area contributed by atoms with Crippen LogP contribution in [0.4, 0.5) is 0 Å². The molecule has 23 heavy (non-hydrogen) atoms. The van der Waals surface area contributed by atoms with Crippen molar-refractivity contribution in [2.24, 2.45) is 11.1 Å². The maximum Gasteiger partial charge on any atom is 0.227 e. The number of benzene rings is 2. The Morgan fingerprint density at radius 1 is 1.22 bits per heavy atom. The quantitative estimate of drug-likeness (QED) is 0.780. The van der Waals surface area contributed by atoms with E-state index in [1.54, 1.807) is 12.1 Å². The van der Waals surface area contributed by atoms with Crippen molar-refractivity contribution in [2.75, 3.05) is 0 Å². The summed E-state index contributed by atoms with van der Waals surface area (Å²) in [7, 11) is 0. The van der Waals surface area contributed by atoms with E-state index in [-0.39, 0.29) is 5.91 Å². The Labute approximate surface area is 139 Å². The molecule has 0 aliphatic heterocycles. The van der Waals surface area contributed by atoms with Crippen molar-refractivity contribution in [1.82, 2.24) is 4.98 Å². The Kier molecular flexibility index (Phi) is 3.86. The third-order valence-electron chi connectivity index (χ3n) is 3.86. The van der Waals surface area contributed by atoms with Gasteiger partial charge >= 0.3 is 0 Å². The van der Waals surface area contributed by atoms with Crippen LogP contribution in [0.2, 0.25) is 5.02 Å². The number of hydrogen-bond acceptors (Lipinski definition) is 3. The number of hydrogen-bond donors (Lipinski definition) is 1. The van der Waals surface area contributed by atoms with Crippen LogP contribution in [0.1, 0.15) is 19.4 Å². The number of rotatable bonds is 4. The highest BCUT2D eigenvalue weighted by Crippen LogP contribution is 2.28. The van der Waals surface area contributed by atoms with Gasteiger partial charge in [0.05, 0.1) is 0 Å². The average Bonchev–Trinajstić information content (AvgIpc) is 2.90. The largest absolute Gasteiger partial charge is 0.436 e. The molecule has 0 unspecified atom stereocenters. The molecule has 0 aliphatic rings. The minimum atomic E-state index is -0.601. The van der Waals surface area contributed by atoms with Crippen molar-refractivity contribution < 1.29 is 9.21 Å². The second kappa shape index (κ2) is 5.70. The van der Waals surface area contributed by atoms with E-state index in [0.29, 0.717) is 22.9 Å². The molecular formula is C18H17ClN2O2. The average molecular weight is 329 g/mol. The van der Waals surface area contributed by atoms with Crippen LogP contribution in [0.15, 0.2) is 46.9 Å². The number of fused-ring (bicyclic) bond motifs is 1. The lowest BCUT2D eigenvalue weighted by molar-refractivity contribution is -0.125. The maximum absolute atomic E-state index is 11.5. The predicted molar refractivity (Wildman–Crippen MR) is 91.1 cm³/mol. The molecule has 0 aliphatic carbocycles. The summed E-state index contributed by atoms with van der Waals surface area (Å²) in [6.45, 7) is 3.67. The number of carbonyl (C=O) groups is 1. The maximum atomic E-state index is 11.5. The minimum Gasteiger partial charge on any atom is -0.436 e. The van der Waals surface area contributed by atoms with E-state index in [2.05, 4.69) is 4.98 Å². The van der Waals surface area contributed by atoms with Gasteiger partial charge in [0.25, 0.3) is 0 Å². The molecule has 1 amide bonds. The molecule has 0 bridgehead atoms. The van der Waals surface area contributed by atoms with Crippen molar-refractivity contribution in [3.8, 4) is 11.5 Å². The highest BCUT2D eigenvalue weighted by atomic mass is 35.5. The summed E-state index contributed by atoms with van der Waals surface area (Å²) >= 11 is 5.90. The van der Waals surface area contributed by atoms with Gasteiger partial charge in [0, 0.05) is 16.0 Å². The zero-order valence-electron chi connectivity index (χ0n) is 13.0. The van der Waals surface area contributed by atoms with E-state index in [1.807, 2.05) is 44.2 Å². The lowest BCUT2D eigenvalue weighted by atomic mass is 9.85. The van der Waals surface area contributed by atoms with Crippen LogP contribution in [0.3, 0.4) is 0 Å². The standard InChI is InChI=1S/C18H17ClN2O2/c1-18(2,17(20)22)10-11-3-8-15-14(9-11)21-16(23-15)12-4-6-13(19)7-5-12/h3-9H,10H2,1-2H3,(H2,20,22). The van der Waals surface area contributed by atoms with Gasteiger partial charge in [-0.25, -0.2) is 4.98 Å². The zero-order valence-corrected chi connectivity index (χ0v) is 13.7. The van der Waals surface area contributed by atoms with Crippen molar-refractivity contribution in [1.29, 1.82) is 0 Å². The van der Waals surface area contributed by atoms with E-state index in [4.69, 9.17) is 21.8 Å². The molecule has 0 atom stereocenters. The Morgan fingerprint density at radius 2 is 1.91 bits per heavy atom. The van der Waals surface area contributed by atoms with Crippen LogP contribution in [-0.4, -0.2) is 10.9 Å².